The summed E-state index contributed by atoms with van der Waals surface area (Å²) in [5.74, 6) is 0.767. The summed E-state index contributed by atoms with van der Waals surface area (Å²) >= 11 is 3.59. The second-order valence-corrected chi connectivity index (χ2v) is 8.22. The molecule has 0 atom stereocenters. The molecule has 0 aromatic heterocycles. The Kier molecular flexibility index (Phi) is 7.07. The van der Waals surface area contributed by atoms with Crippen LogP contribution in [-0.4, -0.2) is 6.61 Å². The summed E-state index contributed by atoms with van der Waals surface area (Å²) in [5.41, 5.74) is 2.68. The molecule has 0 aliphatic rings. The van der Waals surface area contributed by atoms with Crippen molar-refractivity contribution in [2.24, 2.45) is 0 Å². The number of hydrogen-bond acceptors (Lipinski definition) is 3. The van der Waals surface area contributed by atoms with Gasteiger partial charge in [0.25, 0.3) is 0 Å². The van der Waals surface area contributed by atoms with Gasteiger partial charge in [0.2, 0.25) is 0 Å². The highest BCUT2D eigenvalue weighted by Gasteiger charge is 2.14. The topological polar surface area (TPSA) is 42.2 Å². The molecule has 0 fully saturated rings. The fraction of sp³-hybridized carbons (Fsp3) is 0.107. The maximum absolute atomic E-state index is 13.6. The standard InChI is InChI=1S/C28H21BrFNO2/c1-2-32-27-15-19(13-23(17-31)21-9-6-11-24(30)16-21)14-26(29)28(27)33-18-22-10-5-8-20-7-3-4-12-25(20)22/h3-16H,2,18H2,1H3/b23-13-. The van der Waals surface area contributed by atoms with Gasteiger partial charge in [-0.3, -0.25) is 0 Å². The first-order chi connectivity index (χ1) is 16.1. The van der Waals surface area contributed by atoms with Gasteiger partial charge in [-0.15, -0.1) is 0 Å². The highest BCUT2D eigenvalue weighted by Crippen LogP contribution is 2.38. The predicted molar refractivity (Wildman–Crippen MR) is 133 cm³/mol. The van der Waals surface area contributed by atoms with Crippen LogP contribution in [0.1, 0.15) is 23.6 Å². The van der Waals surface area contributed by atoms with Gasteiger partial charge in [0.1, 0.15) is 12.4 Å². The zero-order chi connectivity index (χ0) is 23.2. The summed E-state index contributed by atoms with van der Waals surface area (Å²) in [6.07, 6.45) is 1.70. The second kappa shape index (κ2) is 10.3. The summed E-state index contributed by atoms with van der Waals surface area (Å²) in [6.45, 7) is 2.74. The smallest absolute Gasteiger partial charge is 0.175 e. The van der Waals surface area contributed by atoms with E-state index in [1.54, 1.807) is 18.2 Å². The molecule has 0 aliphatic heterocycles. The van der Waals surface area contributed by atoms with Gasteiger partial charge in [-0.05, 0) is 80.7 Å². The third-order valence-corrected chi connectivity index (χ3v) is 5.74. The lowest BCUT2D eigenvalue weighted by molar-refractivity contribution is 0.268. The largest absolute Gasteiger partial charge is 0.490 e. The van der Waals surface area contributed by atoms with E-state index in [1.165, 1.54) is 12.1 Å². The second-order valence-electron chi connectivity index (χ2n) is 7.37. The molecule has 3 nitrogen and oxygen atoms in total. The highest BCUT2D eigenvalue weighted by molar-refractivity contribution is 9.10. The number of benzene rings is 4. The SMILES string of the molecule is CCOc1cc(/C=C(/C#N)c2cccc(F)c2)cc(Br)c1OCc1cccc2ccccc12. The average molecular weight is 502 g/mol. The number of allylic oxidation sites excluding steroid dienone is 1. The van der Waals surface area contributed by atoms with E-state index >= 15 is 0 Å². The summed E-state index contributed by atoms with van der Waals surface area (Å²) < 4.78 is 26.4. The molecule has 0 N–H and O–H groups in total. The van der Waals surface area contributed by atoms with Crippen LogP contribution in [0.2, 0.25) is 0 Å². The molecule has 164 valence electrons. The Bertz CT molecular complexity index is 1370. The van der Waals surface area contributed by atoms with Gasteiger partial charge < -0.3 is 9.47 Å². The van der Waals surface area contributed by atoms with Crippen molar-refractivity contribution in [2.45, 2.75) is 13.5 Å². The van der Waals surface area contributed by atoms with Crippen molar-refractivity contribution in [1.82, 2.24) is 0 Å². The number of nitrogens with zero attached hydrogens (tertiary/aromatic N) is 1. The molecule has 4 aromatic carbocycles. The van der Waals surface area contributed by atoms with Crippen molar-refractivity contribution in [2.75, 3.05) is 6.61 Å². The number of ether oxygens (including phenoxy) is 2. The lowest BCUT2D eigenvalue weighted by atomic mass is 10.0. The van der Waals surface area contributed by atoms with Crippen molar-refractivity contribution < 1.29 is 13.9 Å². The van der Waals surface area contributed by atoms with E-state index in [0.29, 0.717) is 40.3 Å². The summed E-state index contributed by atoms with van der Waals surface area (Å²) in [5, 5.41) is 11.9. The predicted octanol–water partition coefficient (Wildman–Crippen LogP) is 7.78. The van der Waals surface area contributed by atoms with Crippen LogP contribution < -0.4 is 9.47 Å². The zero-order valence-corrected chi connectivity index (χ0v) is 19.6. The van der Waals surface area contributed by atoms with Crippen LogP contribution in [0.15, 0.2) is 83.3 Å². The highest BCUT2D eigenvalue weighted by atomic mass is 79.9. The molecule has 0 spiro atoms. The molecule has 5 heteroatoms. The number of rotatable bonds is 7. The number of nitriles is 1. The van der Waals surface area contributed by atoms with Gasteiger partial charge >= 0.3 is 0 Å². The number of hydrogen-bond donors (Lipinski definition) is 0. The van der Waals surface area contributed by atoms with E-state index < -0.39 is 0 Å². The lowest BCUT2D eigenvalue weighted by Crippen LogP contribution is -2.01. The quantitative estimate of drug-likeness (QED) is 0.191. The molecule has 0 saturated carbocycles. The first kappa shape index (κ1) is 22.6. The molecule has 4 rings (SSSR count). The van der Waals surface area contributed by atoms with Crippen LogP contribution in [0.25, 0.3) is 22.4 Å². The summed E-state index contributed by atoms with van der Waals surface area (Å²) in [4.78, 5) is 0. The number of halogens is 2. The fourth-order valence-corrected chi connectivity index (χ4v) is 4.22. The average Bonchev–Trinajstić information content (AvgIpc) is 2.82. The molecule has 4 aromatic rings. The van der Waals surface area contributed by atoms with Gasteiger partial charge in [-0.2, -0.15) is 5.26 Å². The van der Waals surface area contributed by atoms with Gasteiger partial charge in [-0.1, -0.05) is 54.6 Å². The minimum Gasteiger partial charge on any atom is -0.490 e. The van der Waals surface area contributed by atoms with Gasteiger partial charge in [0.05, 0.1) is 22.7 Å². The molecule has 0 amide bonds. The molecule has 0 bridgehead atoms. The molecule has 0 heterocycles. The Hall–Kier alpha value is -3.62. The maximum atomic E-state index is 13.6. The maximum Gasteiger partial charge on any atom is 0.175 e. The van der Waals surface area contributed by atoms with Crippen LogP contribution in [0.4, 0.5) is 4.39 Å². The molecule has 0 saturated heterocycles. The summed E-state index contributed by atoms with van der Waals surface area (Å²) in [6, 6.07) is 26.1. The Morgan fingerprint density at radius 3 is 2.58 bits per heavy atom. The normalized spacial score (nSPS) is 11.3. The van der Waals surface area contributed by atoms with E-state index in [9.17, 15) is 9.65 Å². The van der Waals surface area contributed by atoms with Crippen LogP contribution in [-0.2, 0) is 6.61 Å². The van der Waals surface area contributed by atoms with Crippen molar-refractivity contribution >= 4 is 38.4 Å². The Morgan fingerprint density at radius 1 is 1.00 bits per heavy atom. The van der Waals surface area contributed by atoms with Crippen molar-refractivity contribution in [1.29, 1.82) is 5.26 Å². The Labute approximate surface area is 200 Å². The van der Waals surface area contributed by atoms with Crippen molar-refractivity contribution in [3.8, 4) is 17.6 Å². The molecule has 0 radical (unpaired) electrons. The Morgan fingerprint density at radius 2 is 1.79 bits per heavy atom. The van der Waals surface area contributed by atoms with Crippen LogP contribution in [0.5, 0.6) is 11.5 Å². The first-order valence-corrected chi connectivity index (χ1v) is 11.3. The summed E-state index contributed by atoms with van der Waals surface area (Å²) in [7, 11) is 0. The van der Waals surface area contributed by atoms with E-state index in [-0.39, 0.29) is 5.82 Å². The van der Waals surface area contributed by atoms with Crippen LogP contribution in [0.3, 0.4) is 0 Å². The van der Waals surface area contributed by atoms with Crippen LogP contribution in [0, 0.1) is 17.1 Å². The molecular formula is C28H21BrFNO2. The molecule has 33 heavy (non-hydrogen) atoms. The minimum absolute atomic E-state index is 0.355. The molecule has 0 aliphatic carbocycles. The van der Waals surface area contributed by atoms with E-state index in [4.69, 9.17) is 9.47 Å². The van der Waals surface area contributed by atoms with Crippen LogP contribution >= 0.6 is 15.9 Å². The third kappa shape index (κ3) is 5.24. The van der Waals surface area contributed by atoms with Gasteiger partial charge in [0.15, 0.2) is 11.5 Å². The van der Waals surface area contributed by atoms with Gasteiger partial charge in [0, 0.05) is 0 Å². The third-order valence-electron chi connectivity index (χ3n) is 5.15. The fourth-order valence-electron chi connectivity index (χ4n) is 3.65. The minimum atomic E-state index is -0.387. The van der Waals surface area contributed by atoms with E-state index in [0.717, 1.165) is 21.9 Å². The molecule has 0 unspecified atom stereocenters. The Balaban J connectivity index is 1.66. The van der Waals surface area contributed by atoms with Gasteiger partial charge in [-0.25, -0.2) is 4.39 Å². The van der Waals surface area contributed by atoms with E-state index in [2.05, 4.69) is 40.2 Å². The monoisotopic (exact) mass is 501 g/mol. The van der Waals surface area contributed by atoms with E-state index in [1.807, 2.05) is 43.3 Å². The van der Waals surface area contributed by atoms with Crippen molar-refractivity contribution in [3.05, 3.63) is 106 Å². The lowest BCUT2D eigenvalue weighted by Gasteiger charge is -2.16. The first-order valence-electron chi connectivity index (χ1n) is 10.5. The zero-order valence-electron chi connectivity index (χ0n) is 18.0. The molecular weight excluding hydrogens is 481 g/mol. The van der Waals surface area contributed by atoms with Crippen molar-refractivity contribution in [3.63, 3.8) is 0 Å². The number of fused-ring (bicyclic) bond motifs is 1.